The van der Waals surface area contributed by atoms with Gasteiger partial charge in [0.05, 0.1) is 25.4 Å². The average Bonchev–Trinajstić information content (AvgIpc) is 3.16. The normalized spacial score (nSPS) is 15.0. The standard InChI is InChI=1S/C45H79N2O6P/c1-3-5-7-9-11-13-15-17-19-20-21-22-23-24-25-27-29-31-33-35-37-39-45(49)47-43(42-53-54(50,51)52-41-40-46)44(48)38-36-34-32-30-28-26-18-16-14-12-10-8-6-4-2/h5,7,11,13,17,19,21-22,24-25,28,30,36,38,43-44,48H,3-4,6,8-10,12,14-16,18,20,23,26-27,29,31-35,37,39-42,46H2,1-2H3,(H,47,49)(H,50,51)/b7-5-,13-11-,19-17-,22-21-,25-24-,30-28+,38-36+. The van der Waals surface area contributed by atoms with E-state index in [1.54, 1.807) is 6.08 Å². The highest BCUT2D eigenvalue weighted by Gasteiger charge is 2.26. The highest BCUT2D eigenvalue weighted by Crippen LogP contribution is 2.43. The van der Waals surface area contributed by atoms with E-state index in [1.165, 1.54) is 51.4 Å². The molecule has 0 aromatic heterocycles. The Labute approximate surface area is 330 Å². The molecule has 0 aromatic carbocycles. The lowest BCUT2D eigenvalue weighted by Crippen LogP contribution is -2.45. The summed E-state index contributed by atoms with van der Waals surface area (Å²) in [7, 11) is -4.36. The van der Waals surface area contributed by atoms with Crippen LogP contribution in [0.3, 0.4) is 0 Å². The van der Waals surface area contributed by atoms with Crippen molar-refractivity contribution in [3.8, 4) is 0 Å². The van der Waals surface area contributed by atoms with Crippen LogP contribution in [-0.4, -0.2) is 47.8 Å². The van der Waals surface area contributed by atoms with Gasteiger partial charge < -0.3 is 21.1 Å². The Bertz CT molecular complexity index is 1110. The molecule has 5 N–H and O–H groups in total. The van der Waals surface area contributed by atoms with Gasteiger partial charge in [0.2, 0.25) is 5.91 Å². The molecule has 0 aliphatic rings. The van der Waals surface area contributed by atoms with Crippen LogP contribution in [0.15, 0.2) is 85.1 Å². The smallest absolute Gasteiger partial charge is 0.387 e. The second kappa shape index (κ2) is 40.3. The summed E-state index contributed by atoms with van der Waals surface area (Å²) in [6.45, 7) is 3.95. The van der Waals surface area contributed by atoms with Gasteiger partial charge in [0, 0.05) is 13.0 Å². The number of phosphoric acid groups is 1. The van der Waals surface area contributed by atoms with E-state index in [9.17, 15) is 19.4 Å². The summed E-state index contributed by atoms with van der Waals surface area (Å²) in [5, 5.41) is 13.6. The number of phosphoric ester groups is 1. The summed E-state index contributed by atoms with van der Waals surface area (Å²) in [6, 6.07) is -0.892. The number of nitrogens with two attached hydrogens (primary N) is 1. The third-order valence-electron chi connectivity index (χ3n) is 8.70. The first-order chi connectivity index (χ1) is 26.4. The van der Waals surface area contributed by atoms with Gasteiger partial charge in [-0.3, -0.25) is 13.8 Å². The molecule has 9 heteroatoms. The molecule has 1 amide bonds. The van der Waals surface area contributed by atoms with Crippen molar-refractivity contribution in [2.75, 3.05) is 19.8 Å². The van der Waals surface area contributed by atoms with E-state index < -0.39 is 20.0 Å². The molecule has 0 spiro atoms. The lowest BCUT2D eigenvalue weighted by molar-refractivity contribution is -0.123. The number of allylic oxidation sites excluding steroid dienone is 13. The number of aliphatic hydroxyl groups is 1. The van der Waals surface area contributed by atoms with E-state index in [4.69, 9.17) is 14.8 Å². The van der Waals surface area contributed by atoms with E-state index >= 15 is 0 Å². The molecule has 0 aliphatic carbocycles. The predicted octanol–water partition coefficient (Wildman–Crippen LogP) is 11.8. The Morgan fingerprint density at radius 3 is 1.65 bits per heavy atom. The van der Waals surface area contributed by atoms with Gasteiger partial charge in [-0.15, -0.1) is 0 Å². The molecule has 0 heterocycles. The summed E-state index contributed by atoms with van der Waals surface area (Å²) >= 11 is 0. The van der Waals surface area contributed by atoms with E-state index in [0.717, 1.165) is 89.9 Å². The van der Waals surface area contributed by atoms with Crippen LogP contribution < -0.4 is 11.1 Å². The van der Waals surface area contributed by atoms with Crippen LogP contribution in [0.1, 0.15) is 162 Å². The number of hydrogen-bond acceptors (Lipinski definition) is 6. The van der Waals surface area contributed by atoms with E-state index in [0.29, 0.717) is 6.42 Å². The van der Waals surface area contributed by atoms with Crippen LogP contribution in [0.25, 0.3) is 0 Å². The van der Waals surface area contributed by atoms with Gasteiger partial charge in [0.15, 0.2) is 0 Å². The van der Waals surface area contributed by atoms with Gasteiger partial charge in [-0.05, 0) is 77.0 Å². The highest BCUT2D eigenvalue weighted by molar-refractivity contribution is 7.47. The third kappa shape index (κ3) is 38.0. The summed E-state index contributed by atoms with van der Waals surface area (Å²) in [4.78, 5) is 22.7. The van der Waals surface area contributed by atoms with Gasteiger partial charge in [0.1, 0.15) is 0 Å². The van der Waals surface area contributed by atoms with Crippen LogP contribution in [0.4, 0.5) is 0 Å². The maximum Gasteiger partial charge on any atom is 0.472 e. The number of nitrogens with one attached hydrogen (secondary N) is 1. The fraction of sp³-hybridized carbons (Fsp3) is 0.667. The Balaban J connectivity index is 4.33. The molecule has 0 radical (unpaired) electrons. The molecule has 0 saturated heterocycles. The Morgan fingerprint density at radius 1 is 0.630 bits per heavy atom. The summed E-state index contributed by atoms with van der Waals surface area (Å²) in [5.74, 6) is -0.227. The van der Waals surface area contributed by atoms with Crippen LogP contribution in [-0.2, 0) is 18.4 Å². The molecule has 3 atom stereocenters. The monoisotopic (exact) mass is 775 g/mol. The number of hydrogen-bond donors (Lipinski definition) is 4. The number of rotatable bonds is 38. The second-order valence-corrected chi connectivity index (χ2v) is 15.3. The van der Waals surface area contributed by atoms with Gasteiger partial charge in [-0.2, -0.15) is 0 Å². The largest absolute Gasteiger partial charge is 0.472 e. The topological polar surface area (TPSA) is 131 Å². The Morgan fingerprint density at radius 2 is 1.09 bits per heavy atom. The minimum Gasteiger partial charge on any atom is -0.387 e. The molecular formula is C45H79N2O6P. The number of carbonyl (C=O) groups excluding carboxylic acids is 1. The van der Waals surface area contributed by atoms with Gasteiger partial charge in [-0.1, -0.05) is 163 Å². The summed E-state index contributed by atoms with van der Waals surface area (Å²) < 4.78 is 22.1. The number of amides is 1. The summed E-state index contributed by atoms with van der Waals surface area (Å²) in [6.07, 6.45) is 53.4. The average molecular weight is 775 g/mol. The number of unbranched alkanes of at least 4 members (excludes halogenated alkanes) is 14. The quantitative estimate of drug-likeness (QED) is 0.0279. The molecule has 310 valence electrons. The zero-order valence-corrected chi connectivity index (χ0v) is 35.1. The van der Waals surface area contributed by atoms with Crippen molar-refractivity contribution >= 4 is 13.7 Å². The van der Waals surface area contributed by atoms with Crippen molar-refractivity contribution < 1.29 is 28.4 Å². The Kier molecular flexibility index (Phi) is 38.6. The highest BCUT2D eigenvalue weighted by atomic mass is 31.2. The second-order valence-electron chi connectivity index (χ2n) is 13.8. The van der Waals surface area contributed by atoms with Gasteiger partial charge in [-0.25, -0.2) is 4.57 Å². The Hall–Kier alpha value is -2.32. The predicted molar refractivity (Wildman–Crippen MR) is 230 cm³/mol. The van der Waals surface area contributed by atoms with Crippen molar-refractivity contribution in [3.63, 3.8) is 0 Å². The van der Waals surface area contributed by atoms with Gasteiger partial charge >= 0.3 is 7.82 Å². The van der Waals surface area contributed by atoms with E-state index in [1.807, 2.05) is 6.08 Å². The minimum absolute atomic E-state index is 0.0659. The van der Waals surface area contributed by atoms with Gasteiger partial charge in [0.25, 0.3) is 0 Å². The van der Waals surface area contributed by atoms with Crippen molar-refractivity contribution in [2.45, 2.75) is 174 Å². The number of aliphatic hydroxyl groups excluding tert-OH is 1. The molecule has 0 fully saturated rings. The molecule has 0 aromatic rings. The van der Waals surface area contributed by atoms with Crippen molar-refractivity contribution in [2.24, 2.45) is 5.73 Å². The molecule has 3 unspecified atom stereocenters. The lowest BCUT2D eigenvalue weighted by atomic mass is 10.1. The SMILES string of the molecule is CC/C=C\C/C=C\C/C=C\C/C=C\C/C=C\CCCCCCCC(=O)NC(COP(=O)(O)OCCN)C(O)/C=C/CC/C=C/CCCCCCCCCC. The number of carbonyl (C=O) groups is 1. The maximum atomic E-state index is 12.7. The molecular weight excluding hydrogens is 695 g/mol. The minimum atomic E-state index is -4.36. The first kappa shape index (κ1) is 51.7. The third-order valence-corrected chi connectivity index (χ3v) is 9.69. The van der Waals surface area contributed by atoms with Crippen molar-refractivity contribution in [1.29, 1.82) is 0 Å². The molecule has 0 saturated carbocycles. The zero-order chi connectivity index (χ0) is 39.6. The van der Waals surface area contributed by atoms with Crippen LogP contribution in [0.5, 0.6) is 0 Å². The van der Waals surface area contributed by atoms with E-state index in [2.05, 4.69) is 92.1 Å². The molecule has 0 rings (SSSR count). The fourth-order valence-electron chi connectivity index (χ4n) is 5.53. The molecule has 0 aliphatic heterocycles. The lowest BCUT2D eigenvalue weighted by Gasteiger charge is -2.23. The fourth-order valence-corrected chi connectivity index (χ4v) is 6.28. The molecule has 0 bridgehead atoms. The first-order valence-electron chi connectivity index (χ1n) is 21.2. The zero-order valence-electron chi connectivity index (χ0n) is 34.2. The summed E-state index contributed by atoms with van der Waals surface area (Å²) in [5.41, 5.74) is 5.36. The maximum absolute atomic E-state index is 12.7. The van der Waals surface area contributed by atoms with Crippen LogP contribution in [0.2, 0.25) is 0 Å². The van der Waals surface area contributed by atoms with Crippen molar-refractivity contribution in [1.82, 2.24) is 5.32 Å². The van der Waals surface area contributed by atoms with Crippen molar-refractivity contribution in [3.05, 3.63) is 85.1 Å². The molecule has 54 heavy (non-hydrogen) atoms. The van der Waals surface area contributed by atoms with E-state index in [-0.39, 0.29) is 25.7 Å². The first-order valence-corrected chi connectivity index (χ1v) is 22.7. The van der Waals surface area contributed by atoms with Crippen LogP contribution >= 0.6 is 7.82 Å². The van der Waals surface area contributed by atoms with Crippen LogP contribution in [0, 0.1) is 0 Å². The molecule has 8 nitrogen and oxygen atoms in total.